The average molecular weight is 413 g/mol. The Balaban J connectivity index is 2.37. The molecule has 0 heterocycles. The van der Waals surface area contributed by atoms with Crippen LogP contribution < -0.4 is 5.32 Å². The first-order valence-electron chi connectivity index (χ1n) is 7.82. The Morgan fingerprint density at radius 2 is 1.93 bits per heavy atom. The van der Waals surface area contributed by atoms with Gasteiger partial charge in [-0.25, -0.2) is 17.2 Å². The summed E-state index contributed by atoms with van der Waals surface area (Å²) >= 11 is 5.92. The van der Waals surface area contributed by atoms with E-state index in [0.717, 1.165) is 12.1 Å². The Labute approximate surface area is 160 Å². The van der Waals surface area contributed by atoms with Gasteiger partial charge in [0, 0.05) is 11.4 Å². The number of nitrogens with one attached hydrogen (secondary N) is 1. The van der Waals surface area contributed by atoms with Gasteiger partial charge in [-0.2, -0.15) is 5.26 Å². The molecule has 2 rings (SSSR count). The van der Waals surface area contributed by atoms with Gasteiger partial charge in [-0.15, -0.1) is 0 Å². The predicted molar refractivity (Wildman–Crippen MR) is 98.2 cm³/mol. The maximum absolute atomic E-state index is 13.6. The van der Waals surface area contributed by atoms with Crippen molar-refractivity contribution in [1.82, 2.24) is 0 Å². The molecule has 0 saturated carbocycles. The molecule has 0 aromatic heterocycles. The molecule has 2 aromatic carbocycles. The largest absolute Gasteiger partial charge is 0.325 e. The van der Waals surface area contributed by atoms with Gasteiger partial charge in [0.15, 0.2) is 21.5 Å². The van der Waals surface area contributed by atoms with E-state index in [9.17, 15) is 22.0 Å². The lowest BCUT2D eigenvalue weighted by molar-refractivity contribution is -0.117. The van der Waals surface area contributed by atoms with Crippen LogP contribution in [0.2, 0.25) is 5.02 Å². The van der Waals surface area contributed by atoms with Crippen molar-refractivity contribution < 1.29 is 22.0 Å². The average Bonchev–Trinajstić information content (AvgIpc) is 2.62. The molecule has 0 radical (unpaired) electrons. The number of halogens is 3. The standard InChI is InChI=1S/C18H15ClF2N2O3S/c1-2-27(25,26)10-14(11-4-6-16(20)17(21)7-11)18(24)23-13-5-3-12(9-22)15(19)8-13/h3-8,14H,2,10H2,1H3,(H,23,24). The SMILES string of the molecule is CCS(=O)(=O)CC(C(=O)Nc1ccc(C#N)c(Cl)c1)c1ccc(F)c(F)c1. The minimum atomic E-state index is -3.59. The summed E-state index contributed by atoms with van der Waals surface area (Å²) in [6.45, 7) is 1.43. The molecule has 1 atom stereocenters. The molecule has 0 spiro atoms. The Morgan fingerprint density at radius 3 is 2.48 bits per heavy atom. The molecule has 5 nitrogen and oxygen atoms in total. The molecule has 0 fully saturated rings. The number of nitriles is 1. The van der Waals surface area contributed by atoms with Crippen LogP contribution in [0.15, 0.2) is 36.4 Å². The molecule has 0 saturated heterocycles. The van der Waals surface area contributed by atoms with Crippen molar-refractivity contribution in [2.24, 2.45) is 0 Å². The molecule has 1 unspecified atom stereocenters. The fourth-order valence-electron chi connectivity index (χ4n) is 2.34. The first-order chi connectivity index (χ1) is 12.7. The quantitative estimate of drug-likeness (QED) is 0.784. The van der Waals surface area contributed by atoms with Gasteiger partial charge in [0.25, 0.3) is 0 Å². The molecule has 1 N–H and O–H groups in total. The van der Waals surface area contributed by atoms with E-state index in [4.69, 9.17) is 16.9 Å². The van der Waals surface area contributed by atoms with Gasteiger partial charge >= 0.3 is 0 Å². The first kappa shape index (κ1) is 20.8. The van der Waals surface area contributed by atoms with Gasteiger partial charge in [0.05, 0.1) is 22.3 Å². The van der Waals surface area contributed by atoms with E-state index >= 15 is 0 Å². The number of amides is 1. The minimum Gasteiger partial charge on any atom is -0.325 e. The van der Waals surface area contributed by atoms with E-state index in [1.54, 1.807) is 0 Å². The molecule has 2 aromatic rings. The van der Waals surface area contributed by atoms with Gasteiger partial charge in [-0.05, 0) is 35.9 Å². The molecule has 0 aliphatic heterocycles. The lowest BCUT2D eigenvalue weighted by Crippen LogP contribution is -2.28. The molecule has 1 amide bonds. The number of hydrogen-bond donors (Lipinski definition) is 1. The Kier molecular flexibility index (Phi) is 6.52. The van der Waals surface area contributed by atoms with E-state index in [2.05, 4.69) is 5.32 Å². The van der Waals surface area contributed by atoms with E-state index in [1.807, 2.05) is 6.07 Å². The fraction of sp³-hybridized carbons (Fsp3) is 0.222. The van der Waals surface area contributed by atoms with Crippen LogP contribution in [0.1, 0.15) is 24.0 Å². The van der Waals surface area contributed by atoms with Gasteiger partial charge in [-0.1, -0.05) is 24.6 Å². The van der Waals surface area contributed by atoms with Crippen LogP contribution in [0.4, 0.5) is 14.5 Å². The van der Waals surface area contributed by atoms with Crippen molar-refractivity contribution in [1.29, 1.82) is 5.26 Å². The maximum atomic E-state index is 13.6. The number of hydrogen-bond acceptors (Lipinski definition) is 4. The summed E-state index contributed by atoms with van der Waals surface area (Å²) in [6, 6.07) is 8.84. The molecule has 9 heteroatoms. The number of carbonyl (C=O) groups is 1. The third kappa shape index (κ3) is 5.25. The van der Waals surface area contributed by atoms with Gasteiger partial charge in [0.1, 0.15) is 6.07 Å². The highest BCUT2D eigenvalue weighted by molar-refractivity contribution is 7.91. The normalized spacial score (nSPS) is 12.3. The number of carbonyl (C=O) groups excluding carboxylic acids is 1. The van der Waals surface area contributed by atoms with Crippen LogP contribution in [-0.2, 0) is 14.6 Å². The number of rotatable bonds is 6. The number of sulfone groups is 1. The van der Waals surface area contributed by atoms with Gasteiger partial charge in [0.2, 0.25) is 5.91 Å². The second-order valence-corrected chi connectivity index (χ2v) is 8.53. The lowest BCUT2D eigenvalue weighted by atomic mass is 9.99. The van der Waals surface area contributed by atoms with E-state index in [0.29, 0.717) is 0 Å². The summed E-state index contributed by atoms with van der Waals surface area (Å²) in [4.78, 5) is 12.7. The molecule has 142 valence electrons. The number of nitrogens with zero attached hydrogens (tertiary/aromatic N) is 1. The maximum Gasteiger partial charge on any atom is 0.232 e. The Bertz CT molecular complexity index is 1020. The summed E-state index contributed by atoms with van der Waals surface area (Å²) in [6.07, 6.45) is 0. The molecule has 27 heavy (non-hydrogen) atoms. The fourth-order valence-corrected chi connectivity index (χ4v) is 3.65. The third-order valence-electron chi connectivity index (χ3n) is 3.88. The third-order valence-corrected chi connectivity index (χ3v) is 5.91. The molecule has 0 bridgehead atoms. The summed E-state index contributed by atoms with van der Waals surface area (Å²) < 4.78 is 50.8. The van der Waals surface area contributed by atoms with Crippen molar-refractivity contribution in [3.05, 3.63) is 64.2 Å². The van der Waals surface area contributed by atoms with Crippen LogP contribution in [0.25, 0.3) is 0 Å². The van der Waals surface area contributed by atoms with E-state index < -0.39 is 39.0 Å². The lowest BCUT2D eigenvalue weighted by Gasteiger charge is -2.17. The van der Waals surface area contributed by atoms with Crippen LogP contribution in [0.3, 0.4) is 0 Å². The predicted octanol–water partition coefficient (Wildman–Crippen LogP) is 3.65. The van der Waals surface area contributed by atoms with Gasteiger partial charge in [-0.3, -0.25) is 4.79 Å². The van der Waals surface area contributed by atoms with Crippen LogP contribution in [0.5, 0.6) is 0 Å². The first-order valence-corrected chi connectivity index (χ1v) is 10.0. The Morgan fingerprint density at radius 1 is 1.22 bits per heavy atom. The summed E-state index contributed by atoms with van der Waals surface area (Å²) in [5.41, 5.74) is 0.481. The highest BCUT2D eigenvalue weighted by atomic mass is 35.5. The second-order valence-electron chi connectivity index (χ2n) is 5.72. The zero-order chi connectivity index (χ0) is 20.2. The van der Waals surface area contributed by atoms with Crippen molar-refractivity contribution >= 4 is 33.0 Å². The molecule has 0 aliphatic rings. The highest BCUT2D eigenvalue weighted by Crippen LogP contribution is 2.25. The Hall–Kier alpha value is -2.50. The second kappa shape index (κ2) is 8.46. The van der Waals surface area contributed by atoms with Crippen molar-refractivity contribution in [2.75, 3.05) is 16.8 Å². The number of benzene rings is 2. The summed E-state index contributed by atoms with van der Waals surface area (Å²) in [5, 5.41) is 11.5. The summed E-state index contributed by atoms with van der Waals surface area (Å²) in [5.74, 6) is -5.03. The zero-order valence-corrected chi connectivity index (χ0v) is 15.7. The topological polar surface area (TPSA) is 87.0 Å². The molecule has 0 aliphatic carbocycles. The van der Waals surface area contributed by atoms with Crippen LogP contribution in [-0.4, -0.2) is 25.8 Å². The van der Waals surface area contributed by atoms with E-state index in [1.165, 1.54) is 31.2 Å². The van der Waals surface area contributed by atoms with Crippen LogP contribution in [0, 0.1) is 23.0 Å². The smallest absolute Gasteiger partial charge is 0.232 e. The monoisotopic (exact) mass is 412 g/mol. The zero-order valence-electron chi connectivity index (χ0n) is 14.2. The van der Waals surface area contributed by atoms with Gasteiger partial charge < -0.3 is 5.32 Å². The minimum absolute atomic E-state index is 0.0307. The summed E-state index contributed by atoms with van der Waals surface area (Å²) in [7, 11) is -3.59. The highest BCUT2D eigenvalue weighted by Gasteiger charge is 2.27. The molecular weight excluding hydrogens is 398 g/mol. The van der Waals surface area contributed by atoms with Crippen molar-refractivity contribution in [3.8, 4) is 6.07 Å². The van der Waals surface area contributed by atoms with E-state index in [-0.39, 0.29) is 27.6 Å². The molecular formula is C18H15ClF2N2O3S. The van der Waals surface area contributed by atoms with Crippen molar-refractivity contribution in [2.45, 2.75) is 12.8 Å². The van der Waals surface area contributed by atoms with Crippen molar-refractivity contribution in [3.63, 3.8) is 0 Å². The van der Waals surface area contributed by atoms with Crippen LogP contribution >= 0.6 is 11.6 Å². The number of anilines is 1.